The Morgan fingerprint density at radius 3 is 2.45 bits per heavy atom. The van der Waals surface area contributed by atoms with Crippen LogP contribution in [0.25, 0.3) is 0 Å². The summed E-state index contributed by atoms with van der Waals surface area (Å²) in [6, 6.07) is 15.5. The van der Waals surface area contributed by atoms with E-state index < -0.39 is 5.97 Å². The number of esters is 2. The summed E-state index contributed by atoms with van der Waals surface area (Å²) in [5, 5.41) is 6.21. The van der Waals surface area contributed by atoms with Crippen LogP contribution in [0.15, 0.2) is 60.8 Å². The number of aromatic nitrogens is 2. The van der Waals surface area contributed by atoms with Crippen LogP contribution in [0.2, 0.25) is 0 Å². The smallest absolute Gasteiger partial charge is 0.338 e. The van der Waals surface area contributed by atoms with E-state index in [0.717, 1.165) is 5.69 Å². The molecule has 0 amide bonds. The summed E-state index contributed by atoms with van der Waals surface area (Å²) in [6.07, 6.45) is 1.61. The normalized spacial score (nSPS) is 10.1. The summed E-state index contributed by atoms with van der Waals surface area (Å²) in [5.74, 6) is 0.147. The first kappa shape index (κ1) is 19.8. The molecule has 0 aliphatic carbocycles. The average Bonchev–Trinajstić information content (AvgIpc) is 2.74. The monoisotopic (exact) mass is 392 g/mol. The minimum Gasteiger partial charge on any atom is -0.465 e. The van der Waals surface area contributed by atoms with E-state index >= 15 is 0 Å². The Kier molecular flexibility index (Phi) is 6.36. The third-order valence-electron chi connectivity index (χ3n) is 3.86. The Bertz CT molecular complexity index is 1010. The molecule has 0 fully saturated rings. The fourth-order valence-electron chi connectivity index (χ4n) is 2.51. The molecule has 0 saturated heterocycles. The molecule has 0 atom stereocenters. The zero-order valence-electron chi connectivity index (χ0n) is 16.0. The summed E-state index contributed by atoms with van der Waals surface area (Å²) in [4.78, 5) is 32.0. The van der Waals surface area contributed by atoms with Crippen molar-refractivity contribution in [1.82, 2.24) is 9.97 Å². The lowest BCUT2D eigenvalue weighted by atomic mass is 10.2. The number of ether oxygens (including phenoxy) is 2. The zero-order valence-corrected chi connectivity index (χ0v) is 16.0. The van der Waals surface area contributed by atoms with Gasteiger partial charge in [-0.15, -0.1) is 0 Å². The maximum Gasteiger partial charge on any atom is 0.338 e. The first-order chi connectivity index (χ1) is 14.1. The van der Waals surface area contributed by atoms with Crippen LogP contribution in [0.1, 0.15) is 27.6 Å². The van der Waals surface area contributed by atoms with Crippen molar-refractivity contribution in [2.45, 2.75) is 6.92 Å². The SMILES string of the molecule is CCOC(=O)c1ccc(Nc2ccnc(Nc3cccc(C(=O)OC)c3)n2)cc1. The van der Waals surface area contributed by atoms with Gasteiger partial charge in [-0.1, -0.05) is 6.07 Å². The molecule has 0 bridgehead atoms. The summed E-state index contributed by atoms with van der Waals surface area (Å²) in [7, 11) is 1.33. The van der Waals surface area contributed by atoms with E-state index in [2.05, 4.69) is 20.6 Å². The second kappa shape index (κ2) is 9.32. The number of carbonyl (C=O) groups excluding carboxylic acids is 2. The number of nitrogens with zero attached hydrogens (tertiary/aromatic N) is 2. The standard InChI is InChI=1S/C21H20N4O4/c1-3-29-20(27)14-7-9-16(10-8-14)23-18-11-12-22-21(25-18)24-17-6-4-5-15(13-17)19(26)28-2/h4-13H,3H2,1-2H3,(H2,22,23,24,25). The number of benzene rings is 2. The van der Waals surface area contributed by atoms with Gasteiger partial charge in [-0.25, -0.2) is 14.6 Å². The van der Waals surface area contributed by atoms with E-state index in [-0.39, 0.29) is 5.97 Å². The highest BCUT2D eigenvalue weighted by Crippen LogP contribution is 2.19. The van der Waals surface area contributed by atoms with E-state index in [1.165, 1.54) is 7.11 Å². The molecule has 2 N–H and O–H groups in total. The summed E-state index contributed by atoms with van der Waals surface area (Å²) in [6.45, 7) is 2.10. The van der Waals surface area contributed by atoms with Gasteiger partial charge in [-0.05, 0) is 55.5 Å². The highest BCUT2D eigenvalue weighted by molar-refractivity contribution is 5.91. The van der Waals surface area contributed by atoms with E-state index in [1.54, 1.807) is 67.7 Å². The molecule has 29 heavy (non-hydrogen) atoms. The maximum atomic E-state index is 11.7. The number of methoxy groups -OCH3 is 1. The molecule has 8 nitrogen and oxygen atoms in total. The zero-order chi connectivity index (χ0) is 20.6. The fourth-order valence-corrected chi connectivity index (χ4v) is 2.51. The molecule has 8 heteroatoms. The van der Waals surface area contributed by atoms with Gasteiger partial charge in [0.2, 0.25) is 5.95 Å². The van der Waals surface area contributed by atoms with E-state index in [4.69, 9.17) is 9.47 Å². The van der Waals surface area contributed by atoms with Crippen molar-refractivity contribution in [2.24, 2.45) is 0 Å². The number of nitrogens with one attached hydrogen (secondary N) is 2. The molecule has 148 valence electrons. The lowest BCUT2D eigenvalue weighted by molar-refractivity contribution is 0.0525. The third-order valence-corrected chi connectivity index (χ3v) is 3.86. The van der Waals surface area contributed by atoms with Gasteiger partial charge >= 0.3 is 11.9 Å². The summed E-state index contributed by atoms with van der Waals surface area (Å²) >= 11 is 0. The summed E-state index contributed by atoms with van der Waals surface area (Å²) < 4.78 is 9.70. The van der Waals surface area contributed by atoms with Crippen molar-refractivity contribution >= 4 is 35.1 Å². The Balaban J connectivity index is 1.70. The maximum absolute atomic E-state index is 11.7. The first-order valence-corrected chi connectivity index (χ1v) is 8.91. The molecule has 1 aromatic heterocycles. The lowest BCUT2D eigenvalue weighted by Crippen LogP contribution is -2.05. The van der Waals surface area contributed by atoms with Crippen LogP contribution in [0.3, 0.4) is 0 Å². The van der Waals surface area contributed by atoms with Gasteiger partial charge < -0.3 is 20.1 Å². The molecular formula is C21H20N4O4. The third kappa shape index (κ3) is 5.29. The minimum absolute atomic E-state index is 0.331. The topological polar surface area (TPSA) is 102 Å². The fraction of sp³-hybridized carbons (Fsp3) is 0.143. The molecule has 0 spiro atoms. The van der Waals surface area contributed by atoms with Crippen molar-refractivity contribution < 1.29 is 19.1 Å². The van der Waals surface area contributed by atoms with E-state index in [0.29, 0.717) is 35.2 Å². The number of hydrogen-bond donors (Lipinski definition) is 2. The van der Waals surface area contributed by atoms with Crippen LogP contribution in [0.4, 0.5) is 23.1 Å². The van der Waals surface area contributed by atoms with Crippen LogP contribution in [0, 0.1) is 0 Å². The Morgan fingerprint density at radius 1 is 0.931 bits per heavy atom. The molecule has 1 heterocycles. The van der Waals surface area contributed by atoms with Gasteiger partial charge in [0, 0.05) is 17.6 Å². The molecule has 0 aliphatic heterocycles. The minimum atomic E-state index is -0.420. The van der Waals surface area contributed by atoms with E-state index in [1.807, 2.05) is 0 Å². The van der Waals surface area contributed by atoms with Gasteiger partial charge in [0.15, 0.2) is 0 Å². The average molecular weight is 392 g/mol. The summed E-state index contributed by atoms with van der Waals surface area (Å²) in [5.41, 5.74) is 2.32. The Morgan fingerprint density at radius 2 is 1.72 bits per heavy atom. The number of carbonyl (C=O) groups is 2. The predicted octanol–water partition coefficient (Wildman–Crippen LogP) is 3.93. The van der Waals surface area contributed by atoms with Gasteiger partial charge in [-0.3, -0.25) is 0 Å². The Hall–Kier alpha value is -3.94. The number of anilines is 4. The van der Waals surface area contributed by atoms with Crippen LogP contribution in [-0.4, -0.2) is 35.6 Å². The molecule has 0 aliphatic rings. The van der Waals surface area contributed by atoms with Crippen molar-refractivity contribution in [2.75, 3.05) is 24.4 Å². The highest BCUT2D eigenvalue weighted by atomic mass is 16.5. The van der Waals surface area contributed by atoms with E-state index in [9.17, 15) is 9.59 Å². The first-order valence-electron chi connectivity index (χ1n) is 8.91. The van der Waals surface area contributed by atoms with Crippen molar-refractivity contribution in [1.29, 1.82) is 0 Å². The molecule has 2 aromatic carbocycles. The van der Waals surface area contributed by atoms with Crippen LogP contribution in [-0.2, 0) is 9.47 Å². The second-order valence-electron chi connectivity index (χ2n) is 5.89. The number of rotatable bonds is 7. The van der Waals surface area contributed by atoms with Gasteiger partial charge in [0.25, 0.3) is 0 Å². The van der Waals surface area contributed by atoms with Crippen molar-refractivity contribution in [3.8, 4) is 0 Å². The molecule has 0 unspecified atom stereocenters. The Labute approximate surface area is 167 Å². The van der Waals surface area contributed by atoms with Crippen molar-refractivity contribution in [3.05, 3.63) is 71.9 Å². The van der Waals surface area contributed by atoms with Gasteiger partial charge in [0.1, 0.15) is 5.82 Å². The lowest BCUT2D eigenvalue weighted by Gasteiger charge is -2.09. The number of hydrogen-bond acceptors (Lipinski definition) is 8. The molecular weight excluding hydrogens is 372 g/mol. The highest BCUT2D eigenvalue weighted by Gasteiger charge is 2.08. The molecule has 3 aromatic rings. The van der Waals surface area contributed by atoms with Gasteiger partial charge in [0.05, 0.1) is 24.8 Å². The largest absolute Gasteiger partial charge is 0.465 e. The quantitative estimate of drug-likeness (QED) is 0.583. The molecule has 0 radical (unpaired) electrons. The van der Waals surface area contributed by atoms with Crippen molar-refractivity contribution in [3.63, 3.8) is 0 Å². The predicted molar refractivity (Wildman–Crippen MR) is 109 cm³/mol. The molecule has 0 saturated carbocycles. The second-order valence-corrected chi connectivity index (χ2v) is 5.89. The van der Waals surface area contributed by atoms with Crippen LogP contribution >= 0.6 is 0 Å². The van der Waals surface area contributed by atoms with Crippen LogP contribution < -0.4 is 10.6 Å². The van der Waals surface area contributed by atoms with Gasteiger partial charge in [-0.2, -0.15) is 4.98 Å². The molecule has 3 rings (SSSR count). The van der Waals surface area contributed by atoms with Crippen LogP contribution in [0.5, 0.6) is 0 Å².